The van der Waals surface area contributed by atoms with Crippen molar-refractivity contribution in [1.82, 2.24) is 14.4 Å². The number of hydrogen-bond donors (Lipinski definition) is 1. The van der Waals surface area contributed by atoms with Gasteiger partial charge in [0.25, 0.3) is 4.96 Å². The second kappa shape index (κ2) is 6.65. The summed E-state index contributed by atoms with van der Waals surface area (Å²) in [5.74, 6) is 0.709. The summed E-state index contributed by atoms with van der Waals surface area (Å²) in [5.41, 5.74) is 0.898. The molecule has 0 spiro atoms. The molecule has 0 aliphatic carbocycles. The first-order valence-electron chi connectivity index (χ1n) is 7.74. The van der Waals surface area contributed by atoms with E-state index in [9.17, 15) is 10.1 Å². The number of anilines is 1. The van der Waals surface area contributed by atoms with Crippen LogP contribution in [0.25, 0.3) is 4.96 Å². The zero-order chi connectivity index (χ0) is 17.2. The Morgan fingerprint density at radius 1 is 1.56 bits per heavy atom. The summed E-state index contributed by atoms with van der Waals surface area (Å²) < 4.78 is 12.5. The van der Waals surface area contributed by atoms with Crippen molar-refractivity contribution >= 4 is 27.9 Å². The van der Waals surface area contributed by atoms with Gasteiger partial charge in [0.2, 0.25) is 11.7 Å². The minimum Gasteiger partial charge on any atom is -0.472 e. The van der Waals surface area contributed by atoms with E-state index in [0.717, 1.165) is 12.0 Å². The van der Waals surface area contributed by atoms with E-state index in [0.29, 0.717) is 30.6 Å². The molecule has 4 rings (SSSR count). The fourth-order valence-corrected chi connectivity index (χ4v) is 3.36. The number of pyridine rings is 1. The number of ether oxygens (including phenoxy) is 2. The minimum atomic E-state index is -0.434. The standard InChI is InChI=1S/C15H15N5O4S/c21-20(22)14-13(18-15-19(14)4-6-25-15)17-8-10-1-3-16-12(7-10)24-11-2-5-23-9-11/h1,3-4,6-7,11,17H,2,5,8-9H2. The lowest BCUT2D eigenvalue weighted by atomic mass is 10.2. The van der Waals surface area contributed by atoms with Gasteiger partial charge in [-0.2, -0.15) is 9.38 Å². The van der Waals surface area contributed by atoms with E-state index in [2.05, 4.69) is 15.3 Å². The summed E-state index contributed by atoms with van der Waals surface area (Å²) >= 11 is 1.35. The van der Waals surface area contributed by atoms with E-state index >= 15 is 0 Å². The van der Waals surface area contributed by atoms with Crippen LogP contribution in [0.2, 0.25) is 0 Å². The van der Waals surface area contributed by atoms with Crippen molar-refractivity contribution in [3.05, 3.63) is 45.6 Å². The van der Waals surface area contributed by atoms with Crippen LogP contribution >= 0.6 is 11.3 Å². The van der Waals surface area contributed by atoms with Gasteiger partial charge in [0.1, 0.15) is 12.3 Å². The molecule has 9 nitrogen and oxygen atoms in total. The molecular weight excluding hydrogens is 346 g/mol. The first-order valence-corrected chi connectivity index (χ1v) is 8.62. The van der Waals surface area contributed by atoms with Gasteiger partial charge in [-0.15, -0.1) is 0 Å². The summed E-state index contributed by atoms with van der Waals surface area (Å²) in [6, 6.07) is 3.64. The SMILES string of the molecule is O=[N+]([O-])c1c(NCc2ccnc(OC3CCOC3)c2)nc2sccn12. The Balaban J connectivity index is 1.48. The molecule has 0 aromatic carbocycles. The minimum absolute atomic E-state index is 0.0247. The van der Waals surface area contributed by atoms with Crippen molar-refractivity contribution in [3.63, 3.8) is 0 Å². The summed E-state index contributed by atoms with van der Waals surface area (Å²) in [6.07, 6.45) is 4.17. The third-order valence-corrected chi connectivity index (χ3v) is 4.60. The Bertz CT molecular complexity index is 902. The number of thiazole rings is 1. The molecule has 1 N–H and O–H groups in total. The molecule has 1 saturated heterocycles. The van der Waals surface area contributed by atoms with E-state index < -0.39 is 4.92 Å². The maximum atomic E-state index is 11.3. The second-order valence-corrected chi connectivity index (χ2v) is 6.43. The van der Waals surface area contributed by atoms with Gasteiger partial charge in [-0.3, -0.25) is 0 Å². The molecule has 3 aromatic rings. The van der Waals surface area contributed by atoms with E-state index in [1.165, 1.54) is 15.7 Å². The summed E-state index contributed by atoms with van der Waals surface area (Å²) in [5, 5.41) is 16.1. The van der Waals surface area contributed by atoms with Gasteiger partial charge in [-0.1, -0.05) is 11.3 Å². The highest BCUT2D eigenvalue weighted by Crippen LogP contribution is 2.28. The van der Waals surface area contributed by atoms with E-state index in [1.807, 2.05) is 12.1 Å². The Morgan fingerprint density at radius 2 is 2.48 bits per heavy atom. The normalized spacial score (nSPS) is 17.0. The summed E-state index contributed by atoms with van der Waals surface area (Å²) in [6.45, 7) is 1.65. The number of rotatable bonds is 6. The van der Waals surface area contributed by atoms with Crippen molar-refractivity contribution in [3.8, 4) is 5.88 Å². The molecule has 0 saturated carbocycles. The average Bonchev–Trinajstić information content (AvgIpc) is 3.29. The number of nitro groups is 1. The first kappa shape index (κ1) is 15.8. The number of hydrogen-bond acceptors (Lipinski definition) is 8. The van der Waals surface area contributed by atoms with Crippen molar-refractivity contribution in [2.75, 3.05) is 18.5 Å². The molecule has 4 heterocycles. The molecule has 1 aliphatic heterocycles. The Kier molecular flexibility index (Phi) is 4.20. The summed E-state index contributed by atoms with van der Waals surface area (Å²) in [4.78, 5) is 19.9. The highest BCUT2D eigenvalue weighted by molar-refractivity contribution is 7.15. The number of imidazole rings is 1. The second-order valence-electron chi connectivity index (χ2n) is 5.56. The van der Waals surface area contributed by atoms with Crippen LogP contribution in [0.15, 0.2) is 29.9 Å². The summed E-state index contributed by atoms with van der Waals surface area (Å²) in [7, 11) is 0. The molecule has 1 aliphatic rings. The van der Waals surface area contributed by atoms with Crippen LogP contribution in [0.5, 0.6) is 5.88 Å². The van der Waals surface area contributed by atoms with Gasteiger partial charge < -0.3 is 24.9 Å². The molecule has 1 atom stereocenters. The number of aromatic nitrogens is 3. The lowest BCUT2D eigenvalue weighted by Crippen LogP contribution is -2.16. The van der Waals surface area contributed by atoms with Crippen molar-refractivity contribution in [1.29, 1.82) is 0 Å². The molecule has 0 bridgehead atoms. The van der Waals surface area contributed by atoms with Crippen LogP contribution in [0.3, 0.4) is 0 Å². The van der Waals surface area contributed by atoms with Gasteiger partial charge in [0.05, 0.1) is 13.2 Å². The molecule has 10 heteroatoms. The van der Waals surface area contributed by atoms with Crippen LogP contribution in [0.1, 0.15) is 12.0 Å². The van der Waals surface area contributed by atoms with Crippen molar-refractivity contribution < 1.29 is 14.4 Å². The fraction of sp³-hybridized carbons (Fsp3) is 0.333. The molecule has 0 radical (unpaired) electrons. The maximum absolute atomic E-state index is 11.3. The molecule has 1 unspecified atom stereocenters. The Labute approximate surface area is 146 Å². The van der Waals surface area contributed by atoms with Gasteiger partial charge in [-0.25, -0.2) is 4.98 Å². The predicted molar refractivity (Wildman–Crippen MR) is 91.1 cm³/mol. The molecular formula is C15H15N5O4S. The number of nitrogens with zero attached hydrogens (tertiary/aromatic N) is 4. The fourth-order valence-electron chi connectivity index (χ4n) is 2.65. The van der Waals surface area contributed by atoms with Gasteiger partial charge in [-0.05, 0) is 16.6 Å². The van der Waals surface area contributed by atoms with E-state index in [-0.39, 0.29) is 17.7 Å². The zero-order valence-corrected chi connectivity index (χ0v) is 13.9. The van der Waals surface area contributed by atoms with Gasteiger partial charge in [0, 0.05) is 30.6 Å². The smallest absolute Gasteiger partial charge is 0.372 e. The van der Waals surface area contributed by atoms with Crippen LogP contribution in [0.4, 0.5) is 11.6 Å². The predicted octanol–water partition coefficient (Wildman–Crippen LogP) is 2.48. The number of nitrogens with one attached hydrogen (secondary N) is 1. The van der Waals surface area contributed by atoms with Crippen LogP contribution in [0, 0.1) is 10.1 Å². The van der Waals surface area contributed by atoms with E-state index in [1.54, 1.807) is 17.8 Å². The maximum Gasteiger partial charge on any atom is 0.372 e. The monoisotopic (exact) mass is 361 g/mol. The highest BCUT2D eigenvalue weighted by Gasteiger charge is 2.23. The first-order chi connectivity index (χ1) is 12.2. The zero-order valence-electron chi connectivity index (χ0n) is 13.1. The van der Waals surface area contributed by atoms with Crippen molar-refractivity contribution in [2.45, 2.75) is 19.1 Å². The highest BCUT2D eigenvalue weighted by atomic mass is 32.1. The molecule has 3 aromatic heterocycles. The van der Waals surface area contributed by atoms with E-state index in [4.69, 9.17) is 9.47 Å². The third-order valence-electron chi connectivity index (χ3n) is 3.84. The van der Waals surface area contributed by atoms with Crippen molar-refractivity contribution in [2.24, 2.45) is 0 Å². The lowest BCUT2D eigenvalue weighted by Gasteiger charge is -2.11. The quantitative estimate of drug-likeness (QED) is 0.531. The Morgan fingerprint density at radius 3 is 3.28 bits per heavy atom. The molecule has 0 amide bonds. The van der Waals surface area contributed by atoms with Crippen LogP contribution in [-0.2, 0) is 11.3 Å². The topological polar surface area (TPSA) is 104 Å². The third kappa shape index (κ3) is 3.26. The average molecular weight is 361 g/mol. The largest absolute Gasteiger partial charge is 0.472 e. The molecule has 130 valence electrons. The van der Waals surface area contributed by atoms with Crippen LogP contribution in [-0.4, -0.2) is 38.6 Å². The van der Waals surface area contributed by atoms with Crippen LogP contribution < -0.4 is 10.1 Å². The molecule has 1 fully saturated rings. The van der Waals surface area contributed by atoms with Gasteiger partial charge >= 0.3 is 5.82 Å². The molecule has 25 heavy (non-hydrogen) atoms. The number of fused-ring (bicyclic) bond motifs is 1. The lowest BCUT2D eigenvalue weighted by molar-refractivity contribution is -0.389. The van der Waals surface area contributed by atoms with Gasteiger partial charge in [0.15, 0.2) is 0 Å². The Hall–Kier alpha value is -2.72.